The van der Waals surface area contributed by atoms with Gasteiger partial charge in [-0.05, 0) is 22.6 Å². The van der Waals surface area contributed by atoms with Crippen LogP contribution in [0, 0.1) is 0 Å². The van der Waals surface area contributed by atoms with E-state index in [1.165, 1.54) is 12.1 Å². The maximum Gasteiger partial charge on any atom is 0.179 e. The first kappa shape index (κ1) is 6.78. The van der Waals surface area contributed by atoms with Crippen LogP contribution in [0.15, 0.2) is 24.3 Å². The van der Waals surface area contributed by atoms with Crippen LogP contribution in [0.25, 0.3) is 11.4 Å². The average molecular weight is 161 g/mol. The van der Waals surface area contributed by atoms with E-state index in [0.717, 1.165) is 0 Å². The minimum absolute atomic E-state index is 0.0519. The Kier molecular flexibility index (Phi) is 1.48. The monoisotopic (exact) mass is 161 g/mol. The predicted molar refractivity (Wildman–Crippen MR) is 39.7 cm³/mol. The van der Waals surface area contributed by atoms with E-state index in [1.807, 2.05) is 0 Å². The van der Waals surface area contributed by atoms with Gasteiger partial charge >= 0.3 is 0 Å². The second-order valence-electron chi connectivity index (χ2n) is 2.28. The lowest BCUT2D eigenvalue weighted by atomic mass is 10.2. The molecule has 0 amide bonds. The van der Waals surface area contributed by atoms with Gasteiger partial charge in [-0.3, -0.25) is 5.11 Å². The number of hydrogen-bond acceptors (Lipinski definition) is 3. The smallest absolute Gasteiger partial charge is 0.179 e. The first-order valence-corrected chi connectivity index (χ1v) is 3.37. The van der Waals surface area contributed by atoms with Crippen LogP contribution in [0.3, 0.4) is 0 Å². The molecular formula is C7H5N4O. The predicted octanol–water partition coefficient (Wildman–Crippen LogP) is 1.01. The summed E-state index contributed by atoms with van der Waals surface area (Å²) in [6.45, 7) is 0. The highest BCUT2D eigenvalue weighted by molar-refractivity contribution is 5.55. The van der Waals surface area contributed by atoms with E-state index in [9.17, 15) is 5.11 Å². The van der Waals surface area contributed by atoms with E-state index in [1.54, 1.807) is 12.1 Å². The topological polar surface area (TPSA) is 74.4 Å². The zero-order valence-electron chi connectivity index (χ0n) is 6.06. The minimum atomic E-state index is -0.0519. The third-order valence-corrected chi connectivity index (χ3v) is 1.45. The van der Waals surface area contributed by atoms with Crippen molar-refractivity contribution in [3.63, 3.8) is 0 Å². The molecular weight excluding hydrogens is 156 g/mol. The number of aromatic nitrogens is 4. The molecule has 1 radical (unpaired) electrons. The van der Waals surface area contributed by atoms with Crippen LogP contribution in [0.4, 0.5) is 0 Å². The first-order valence-electron chi connectivity index (χ1n) is 3.37. The van der Waals surface area contributed by atoms with Crippen LogP contribution in [0.2, 0.25) is 0 Å². The molecule has 1 aromatic heterocycles. The van der Waals surface area contributed by atoms with Crippen LogP contribution >= 0.6 is 0 Å². The Balaban J connectivity index is 2.48. The fourth-order valence-corrected chi connectivity index (χ4v) is 0.925. The van der Waals surface area contributed by atoms with E-state index >= 15 is 0 Å². The van der Waals surface area contributed by atoms with Crippen molar-refractivity contribution in [3.8, 4) is 17.1 Å². The number of hydrogen-bond donors (Lipinski definition) is 1. The number of benzene rings is 1. The van der Waals surface area contributed by atoms with E-state index in [-0.39, 0.29) is 5.75 Å². The highest BCUT2D eigenvalue weighted by Gasteiger charge is 2.01. The van der Waals surface area contributed by atoms with E-state index in [0.29, 0.717) is 11.4 Å². The van der Waals surface area contributed by atoms with Gasteiger partial charge in [0.1, 0.15) is 0 Å². The summed E-state index contributed by atoms with van der Waals surface area (Å²) in [7, 11) is 0. The Labute approximate surface area is 68.1 Å². The maximum absolute atomic E-state index is 10.9. The normalized spacial score (nSPS) is 10.0. The Hall–Kier alpha value is -1.91. The Morgan fingerprint density at radius 2 is 2.25 bits per heavy atom. The molecule has 0 aliphatic carbocycles. The van der Waals surface area contributed by atoms with Gasteiger partial charge in [0.15, 0.2) is 11.6 Å². The number of nitrogens with one attached hydrogen (secondary N) is 1. The summed E-state index contributed by atoms with van der Waals surface area (Å²) in [5, 5.41) is 24.0. The number of rotatable bonds is 1. The molecule has 0 aliphatic rings. The van der Waals surface area contributed by atoms with Gasteiger partial charge in [0.2, 0.25) is 0 Å². The molecule has 59 valence electrons. The fraction of sp³-hybridized carbons (Fsp3) is 0. The molecule has 1 aromatic carbocycles. The van der Waals surface area contributed by atoms with Gasteiger partial charge in [-0.15, -0.1) is 5.10 Å². The average Bonchev–Trinajstić information content (AvgIpc) is 2.56. The third-order valence-electron chi connectivity index (χ3n) is 1.45. The Morgan fingerprint density at radius 1 is 1.33 bits per heavy atom. The molecule has 12 heavy (non-hydrogen) atoms. The molecule has 0 bridgehead atoms. The van der Waals surface area contributed by atoms with E-state index < -0.39 is 0 Å². The van der Waals surface area contributed by atoms with Gasteiger partial charge in [-0.2, -0.15) is 0 Å². The highest BCUT2D eigenvalue weighted by Crippen LogP contribution is 2.18. The second-order valence-corrected chi connectivity index (χ2v) is 2.28. The molecule has 1 heterocycles. The summed E-state index contributed by atoms with van der Waals surface area (Å²) in [6, 6.07) is 6.39. The molecule has 5 nitrogen and oxygen atoms in total. The van der Waals surface area contributed by atoms with Gasteiger partial charge in [0.05, 0.1) is 0 Å². The number of H-pyrrole nitrogens is 1. The number of tetrazole rings is 1. The largest absolute Gasteiger partial charge is 0.290 e. The van der Waals surface area contributed by atoms with Crippen molar-refractivity contribution in [2.24, 2.45) is 0 Å². The summed E-state index contributed by atoms with van der Waals surface area (Å²) in [4.78, 5) is 0. The van der Waals surface area contributed by atoms with E-state index in [4.69, 9.17) is 0 Å². The Bertz CT molecular complexity index is 371. The molecule has 2 rings (SSSR count). The summed E-state index contributed by atoms with van der Waals surface area (Å²) < 4.78 is 0. The lowest BCUT2D eigenvalue weighted by Crippen LogP contribution is -1.79. The van der Waals surface area contributed by atoms with Crippen molar-refractivity contribution < 1.29 is 5.11 Å². The number of aromatic amines is 1. The number of nitrogens with zero attached hydrogens (tertiary/aromatic N) is 3. The van der Waals surface area contributed by atoms with Crippen molar-refractivity contribution in [1.29, 1.82) is 0 Å². The van der Waals surface area contributed by atoms with Crippen LogP contribution in [-0.2, 0) is 5.11 Å². The van der Waals surface area contributed by atoms with E-state index in [2.05, 4.69) is 20.6 Å². The van der Waals surface area contributed by atoms with Crippen LogP contribution in [0.1, 0.15) is 0 Å². The molecule has 0 fully saturated rings. The zero-order chi connectivity index (χ0) is 8.39. The van der Waals surface area contributed by atoms with Gasteiger partial charge in [0.25, 0.3) is 0 Å². The standard InChI is InChI=1S/C7H5N4O/c12-6-3-1-2-5(4-6)7-8-10-11-9-7/h1-4H,(H,8,9,10,11). The summed E-state index contributed by atoms with van der Waals surface area (Å²) in [6.07, 6.45) is 0. The van der Waals surface area contributed by atoms with Gasteiger partial charge in [-0.25, -0.2) is 5.10 Å². The van der Waals surface area contributed by atoms with Gasteiger partial charge in [-0.1, -0.05) is 12.1 Å². The van der Waals surface area contributed by atoms with Crippen molar-refractivity contribution in [3.05, 3.63) is 24.3 Å². The first-order chi connectivity index (χ1) is 5.86. The highest BCUT2D eigenvalue weighted by atomic mass is 16.3. The van der Waals surface area contributed by atoms with Crippen molar-refractivity contribution in [2.45, 2.75) is 0 Å². The van der Waals surface area contributed by atoms with Crippen LogP contribution < -0.4 is 0 Å². The maximum atomic E-state index is 10.9. The third kappa shape index (κ3) is 1.12. The molecule has 1 N–H and O–H groups in total. The SMILES string of the molecule is [O]c1cccc(-c2nnn[nH]2)c1. The van der Waals surface area contributed by atoms with Crippen molar-refractivity contribution >= 4 is 0 Å². The van der Waals surface area contributed by atoms with Gasteiger partial charge in [0, 0.05) is 5.56 Å². The van der Waals surface area contributed by atoms with Crippen LogP contribution in [-0.4, -0.2) is 20.6 Å². The lowest BCUT2D eigenvalue weighted by molar-refractivity contribution is 0.355. The summed E-state index contributed by atoms with van der Waals surface area (Å²) >= 11 is 0. The Morgan fingerprint density at radius 3 is 2.92 bits per heavy atom. The molecule has 0 saturated carbocycles. The molecule has 0 spiro atoms. The summed E-state index contributed by atoms with van der Waals surface area (Å²) in [5.74, 6) is 0.455. The van der Waals surface area contributed by atoms with Crippen molar-refractivity contribution in [2.75, 3.05) is 0 Å². The zero-order valence-corrected chi connectivity index (χ0v) is 6.06. The molecule has 5 heteroatoms. The second kappa shape index (κ2) is 2.61. The fourth-order valence-electron chi connectivity index (χ4n) is 0.925. The summed E-state index contributed by atoms with van der Waals surface area (Å²) in [5.41, 5.74) is 0.701. The van der Waals surface area contributed by atoms with Crippen LogP contribution in [0.5, 0.6) is 5.75 Å². The molecule has 0 aliphatic heterocycles. The van der Waals surface area contributed by atoms with Gasteiger partial charge < -0.3 is 0 Å². The molecule has 2 aromatic rings. The quantitative estimate of drug-likeness (QED) is 0.678. The lowest BCUT2D eigenvalue weighted by Gasteiger charge is -1.92. The van der Waals surface area contributed by atoms with Crippen molar-refractivity contribution in [1.82, 2.24) is 20.6 Å². The molecule has 0 unspecified atom stereocenters. The molecule has 0 saturated heterocycles. The minimum Gasteiger partial charge on any atom is -0.290 e. The molecule has 0 atom stereocenters.